The second-order valence-corrected chi connectivity index (χ2v) is 4.54. The average molecular weight is 245 g/mol. The fraction of sp³-hybridized carbons (Fsp3) is 0.0769. The van der Waals surface area contributed by atoms with E-state index in [1.54, 1.807) is 0 Å². The van der Waals surface area contributed by atoms with Gasteiger partial charge < -0.3 is 0 Å². The number of hydrogen-bond donors (Lipinski definition) is 0. The largest absolute Gasteiger partial charge is 0.0793 e. The molecule has 0 amide bonds. The number of allylic oxidation sites excluding steroid dienone is 1. The Morgan fingerprint density at radius 1 is 1.00 bits per heavy atom. The summed E-state index contributed by atoms with van der Waals surface area (Å²) in [4.78, 5) is 0.362. The molecule has 1 unspecified atom stereocenters. The molecule has 0 nitrogen and oxygen atoms in total. The Kier molecular flexibility index (Phi) is 1.74. The van der Waals surface area contributed by atoms with E-state index in [1.165, 1.54) is 21.9 Å². The van der Waals surface area contributed by atoms with Crippen LogP contribution in [0.2, 0.25) is 0 Å². The molecule has 1 aliphatic carbocycles. The highest BCUT2D eigenvalue weighted by molar-refractivity contribution is 9.09. The standard InChI is InChI=1S/C13H9Br/c14-12-8-7-10-4-1-3-9-5-2-6-11(12)13(9)10/h1-8,12H. The third-order valence-corrected chi connectivity index (χ3v) is 3.51. The monoisotopic (exact) mass is 244 g/mol. The van der Waals surface area contributed by atoms with Crippen LogP contribution in [0.15, 0.2) is 42.5 Å². The van der Waals surface area contributed by atoms with Crippen molar-refractivity contribution in [2.45, 2.75) is 4.83 Å². The third kappa shape index (κ3) is 1.05. The molecule has 0 saturated heterocycles. The van der Waals surface area contributed by atoms with Crippen LogP contribution in [0.5, 0.6) is 0 Å². The molecule has 1 heteroatoms. The van der Waals surface area contributed by atoms with Gasteiger partial charge in [-0.15, -0.1) is 0 Å². The van der Waals surface area contributed by atoms with E-state index in [1.807, 2.05) is 0 Å². The maximum Gasteiger partial charge on any atom is 0.0584 e. The maximum absolute atomic E-state index is 3.66. The lowest BCUT2D eigenvalue weighted by Crippen LogP contribution is -1.94. The minimum Gasteiger partial charge on any atom is -0.0793 e. The van der Waals surface area contributed by atoms with Gasteiger partial charge in [0.2, 0.25) is 0 Å². The van der Waals surface area contributed by atoms with Crippen molar-refractivity contribution in [2.75, 3.05) is 0 Å². The number of rotatable bonds is 0. The van der Waals surface area contributed by atoms with E-state index in [4.69, 9.17) is 0 Å². The van der Waals surface area contributed by atoms with Gasteiger partial charge in [0.15, 0.2) is 0 Å². The zero-order valence-electron chi connectivity index (χ0n) is 7.57. The summed E-state index contributed by atoms with van der Waals surface area (Å²) in [7, 11) is 0. The lowest BCUT2D eigenvalue weighted by molar-refractivity contribution is 1.28. The topological polar surface area (TPSA) is 0 Å². The first-order chi connectivity index (χ1) is 6.86. The van der Waals surface area contributed by atoms with Crippen molar-refractivity contribution in [3.8, 4) is 0 Å². The van der Waals surface area contributed by atoms with Gasteiger partial charge in [0, 0.05) is 0 Å². The van der Waals surface area contributed by atoms with Gasteiger partial charge in [0.05, 0.1) is 4.83 Å². The van der Waals surface area contributed by atoms with Crippen molar-refractivity contribution >= 4 is 32.8 Å². The first-order valence-electron chi connectivity index (χ1n) is 4.70. The highest BCUT2D eigenvalue weighted by Gasteiger charge is 2.13. The molecular weight excluding hydrogens is 236 g/mol. The molecule has 68 valence electrons. The number of hydrogen-bond acceptors (Lipinski definition) is 0. The number of alkyl halides is 1. The van der Waals surface area contributed by atoms with E-state index in [0.717, 1.165) is 0 Å². The molecule has 0 bridgehead atoms. The normalized spacial score (nSPS) is 18.8. The van der Waals surface area contributed by atoms with Crippen LogP contribution in [0.25, 0.3) is 16.8 Å². The Morgan fingerprint density at radius 3 is 2.64 bits per heavy atom. The van der Waals surface area contributed by atoms with Crippen LogP contribution >= 0.6 is 15.9 Å². The van der Waals surface area contributed by atoms with E-state index in [-0.39, 0.29) is 0 Å². The van der Waals surface area contributed by atoms with Crippen LogP contribution < -0.4 is 0 Å². The van der Waals surface area contributed by atoms with Gasteiger partial charge in [-0.05, 0) is 21.9 Å². The molecule has 1 aliphatic rings. The molecule has 0 fully saturated rings. The molecular formula is C13H9Br. The summed E-state index contributed by atoms with van der Waals surface area (Å²) >= 11 is 3.66. The van der Waals surface area contributed by atoms with Crippen molar-refractivity contribution in [3.05, 3.63) is 53.6 Å². The summed E-state index contributed by atoms with van der Waals surface area (Å²) < 4.78 is 0. The molecule has 0 saturated carbocycles. The smallest absolute Gasteiger partial charge is 0.0584 e. The molecule has 0 heterocycles. The van der Waals surface area contributed by atoms with E-state index >= 15 is 0 Å². The Hall–Kier alpha value is -1.08. The fourth-order valence-corrected chi connectivity index (χ4v) is 2.59. The third-order valence-electron chi connectivity index (χ3n) is 2.71. The Morgan fingerprint density at radius 2 is 1.79 bits per heavy atom. The van der Waals surface area contributed by atoms with Crippen molar-refractivity contribution in [2.24, 2.45) is 0 Å². The summed E-state index contributed by atoms with van der Waals surface area (Å²) in [5.74, 6) is 0. The van der Waals surface area contributed by atoms with Gasteiger partial charge in [-0.3, -0.25) is 0 Å². The van der Waals surface area contributed by atoms with Gasteiger partial charge in [0.25, 0.3) is 0 Å². The molecule has 2 aromatic carbocycles. The average Bonchev–Trinajstić information content (AvgIpc) is 2.24. The summed E-state index contributed by atoms with van der Waals surface area (Å²) in [5, 5.41) is 2.72. The number of benzene rings is 2. The Bertz CT molecular complexity index is 520. The van der Waals surface area contributed by atoms with E-state index in [2.05, 4.69) is 64.5 Å². The minimum atomic E-state index is 0.362. The lowest BCUT2D eigenvalue weighted by atomic mass is 9.93. The Labute approximate surface area is 91.4 Å². The molecule has 0 N–H and O–H groups in total. The quantitative estimate of drug-likeness (QED) is 0.607. The SMILES string of the molecule is BrC1C=Cc2cccc3cccc1c23. The van der Waals surface area contributed by atoms with Gasteiger partial charge in [0.1, 0.15) is 0 Å². The minimum absolute atomic E-state index is 0.362. The predicted octanol–water partition coefficient (Wildman–Crippen LogP) is 4.30. The van der Waals surface area contributed by atoms with Gasteiger partial charge >= 0.3 is 0 Å². The summed E-state index contributed by atoms with van der Waals surface area (Å²) in [6.45, 7) is 0. The van der Waals surface area contributed by atoms with Crippen LogP contribution in [0.1, 0.15) is 16.0 Å². The van der Waals surface area contributed by atoms with Crippen LogP contribution in [-0.2, 0) is 0 Å². The molecule has 0 aliphatic heterocycles. The molecule has 0 radical (unpaired) electrons. The number of halogens is 1. The molecule has 1 atom stereocenters. The van der Waals surface area contributed by atoms with Crippen molar-refractivity contribution in [1.82, 2.24) is 0 Å². The second kappa shape index (κ2) is 2.96. The fourth-order valence-electron chi connectivity index (χ4n) is 2.06. The van der Waals surface area contributed by atoms with Gasteiger partial charge in [-0.2, -0.15) is 0 Å². The van der Waals surface area contributed by atoms with Gasteiger partial charge in [-0.1, -0.05) is 64.5 Å². The van der Waals surface area contributed by atoms with Crippen LogP contribution in [0, 0.1) is 0 Å². The summed E-state index contributed by atoms with van der Waals surface area (Å²) in [6.07, 6.45) is 4.38. The van der Waals surface area contributed by atoms with Crippen LogP contribution in [0.3, 0.4) is 0 Å². The van der Waals surface area contributed by atoms with Crippen molar-refractivity contribution in [3.63, 3.8) is 0 Å². The second-order valence-electron chi connectivity index (χ2n) is 3.55. The summed E-state index contributed by atoms with van der Waals surface area (Å²) in [6, 6.07) is 12.9. The zero-order valence-corrected chi connectivity index (χ0v) is 9.16. The predicted molar refractivity (Wildman–Crippen MR) is 64.7 cm³/mol. The first-order valence-corrected chi connectivity index (χ1v) is 5.62. The van der Waals surface area contributed by atoms with Crippen LogP contribution in [-0.4, -0.2) is 0 Å². The summed E-state index contributed by atoms with van der Waals surface area (Å²) in [5.41, 5.74) is 2.70. The molecule has 3 rings (SSSR count). The van der Waals surface area contributed by atoms with E-state index in [9.17, 15) is 0 Å². The molecule has 2 aromatic rings. The van der Waals surface area contributed by atoms with E-state index < -0.39 is 0 Å². The first kappa shape index (κ1) is 8.25. The highest BCUT2D eigenvalue weighted by atomic mass is 79.9. The Balaban J connectivity index is 2.52. The highest BCUT2D eigenvalue weighted by Crippen LogP contribution is 2.37. The molecule has 0 spiro atoms. The molecule has 14 heavy (non-hydrogen) atoms. The van der Waals surface area contributed by atoms with E-state index in [0.29, 0.717) is 4.83 Å². The lowest BCUT2D eigenvalue weighted by Gasteiger charge is -2.16. The van der Waals surface area contributed by atoms with Crippen LogP contribution in [0.4, 0.5) is 0 Å². The van der Waals surface area contributed by atoms with Crippen molar-refractivity contribution in [1.29, 1.82) is 0 Å². The molecule has 0 aromatic heterocycles. The van der Waals surface area contributed by atoms with Crippen molar-refractivity contribution < 1.29 is 0 Å². The van der Waals surface area contributed by atoms with Gasteiger partial charge in [-0.25, -0.2) is 0 Å². The zero-order chi connectivity index (χ0) is 9.54. The maximum atomic E-state index is 3.66.